The van der Waals surface area contributed by atoms with Gasteiger partial charge >= 0.3 is 0 Å². The zero-order valence-corrected chi connectivity index (χ0v) is 13.8. The van der Waals surface area contributed by atoms with Gasteiger partial charge in [0.05, 0.1) is 0 Å². The summed E-state index contributed by atoms with van der Waals surface area (Å²) in [4.78, 5) is 4.70. The van der Waals surface area contributed by atoms with Gasteiger partial charge in [0.25, 0.3) is 0 Å². The molecule has 0 spiro atoms. The van der Waals surface area contributed by atoms with Gasteiger partial charge in [0.1, 0.15) is 5.52 Å². The number of rotatable bonds is 2. The van der Waals surface area contributed by atoms with Gasteiger partial charge in [-0.05, 0) is 41.1 Å². The van der Waals surface area contributed by atoms with E-state index in [-0.39, 0.29) is 0 Å². The van der Waals surface area contributed by atoms with E-state index in [1.165, 1.54) is 5.56 Å². The number of nitrogens with zero attached hydrogens (tertiary/aromatic N) is 1. The Morgan fingerprint density at radius 1 is 0.957 bits per heavy atom. The van der Waals surface area contributed by atoms with Crippen LogP contribution in [0.25, 0.3) is 33.3 Å². The summed E-state index contributed by atoms with van der Waals surface area (Å²) in [6.07, 6.45) is 0. The Balaban J connectivity index is 1.94. The molecule has 114 valence electrons. The number of halogens is 1. The largest absolute Gasteiger partial charge is 0.436 e. The molecule has 4 rings (SSSR count). The molecule has 0 unspecified atom stereocenters. The Morgan fingerprint density at radius 3 is 2.57 bits per heavy atom. The number of fused-ring (bicyclic) bond motifs is 2. The molecule has 4 aromatic rings. The lowest BCUT2D eigenvalue weighted by atomic mass is 10.0. The van der Waals surface area contributed by atoms with Crippen molar-refractivity contribution in [1.29, 1.82) is 0 Å². The first-order valence-corrected chi connectivity index (χ1v) is 8.09. The summed E-state index contributed by atoms with van der Waals surface area (Å²) in [7, 11) is 0. The van der Waals surface area contributed by atoms with Crippen molar-refractivity contribution in [2.75, 3.05) is 0 Å². The van der Waals surface area contributed by atoms with E-state index in [0.717, 1.165) is 32.5 Å². The topological polar surface area (TPSA) is 26.0 Å². The lowest BCUT2D eigenvalue weighted by molar-refractivity contribution is 0.620. The third-order valence-electron chi connectivity index (χ3n) is 4.18. The van der Waals surface area contributed by atoms with Gasteiger partial charge < -0.3 is 4.42 Å². The molecule has 0 bridgehead atoms. The lowest BCUT2D eigenvalue weighted by Gasteiger charge is -2.04. The lowest BCUT2D eigenvalue weighted by Crippen LogP contribution is -1.85. The van der Waals surface area contributed by atoms with Gasteiger partial charge in [-0.15, -0.1) is 0 Å². The fourth-order valence-electron chi connectivity index (χ4n) is 2.88. The van der Waals surface area contributed by atoms with Crippen molar-refractivity contribution in [2.24, 2.45) is 0 Å². The van der Waals surface area contributed by atoms with Crippen LogP contribution in [-0.4, -0.2) is 4.98 Å². The molecule has 1 heterocycles. The number of aromatic nitrogens is 1. The molecule has 0 aliphatic carbocycles. The summed E-state index contributed by atoms with van der Waals surface area (Å²) >= 11 is 6.30. The Hall–Kier alpha value is -2.32. The van der Waals surface area contributed by atoms with Crippen molar-refractivity contribution in [2.45, 2.75) is 19.8 Å². The minimum Gasteiger partial charge on any atom is -0.436 e. The van der Waals surface area contributed by atoms with Crippen molar-refractivity contribution in [3.63, 3.8) is 0 Å². The van der Waals surface area contributed by atoms with Crippen LogP contribution < -0.4 is 0 Å². The van der Waals surface area contributed by atoms with Crippen LogP contribution in [-0.2, 0) is 0 Å². The molecule has 0 fully saturated rings. The van der Waals surface area contributed by atoms with E-state index in [4.69, 9.17) is 21.0 Å². The number of benzene rings is 3. The molecule has 3 heteroatoms. The number of hydrogen-bond donors (Lipinski definition) is 0. The highest BCUT2D eigenvalue weighted by molar-refractivity contribution is 6.35. The van der Waals surface area contributed by atoms with Crippen LogP contribution in [0.5, 0.6) is 0 Å². The van der Waals surface area contributed by atoms with Crippen molar-refractivity contribution < 1.29 is 4.42 Å². The average molecular weight is 322 g/mol. The van der Waals surface area contributed by atoms with Crippen LogP contribution in [0.4, 0.5) is 0 Å². The van der Waals surface area contributed by atoms with Crippen LogP contribution in [0.15, 0.2) is 59.0 Å². The number of oxazole rings is 1. The monoisotopic (exact) mass is 321 g/mol. The molecule has 0 N–H and O–H groups in total. The third kappa shape index (κ3) is 2.40. The molecule has 23 heavy (non-hydrogen) atoms. The first kappa shape index (κ1) is 14.3. The third-order valence-corrected chi connectivity index (χ3v) is 4.51. The van der Waals surface area contributed by atoms with Crippen molar-refractivity contribution >= 4 is 33.5 Å². The predicted octanol–water partition coefficient (Wildman–Crippen LogP) is 6.42. The molecular weight excluding hydrogens is 306 g/mol. The molecular formula is C20H16ClNO. The molecule has 0 aliphatic heterocycles. The summed E-state index contributed by atoms with van der Waals surface area (Å²) in [5, 5.41) is 2.80. The van der Waals surface area contributed by atoms with Gasteiger partial charge in [0.15, 0.2) is 5.58 Å². The minimum atomic E-state index is 0.468. The van der Waals surface area contributed by atoms with E-state index < -0.39 is 0 Å². The molecule has 0 atom stereocenters. The van der Waals surface area contributed by atoms with Crippen molar-refractivity contribution in [1.82, 2.24) is 4.98 Å². The van der Waals surface area contributed by atoms with E-state index >= 15 is 0 Å². The minimum absolute atomic E-state index is 0.468. The zero-order chi connectivity index (χ0) is 16.0. The Morgan fingerprint density at radius 2 is 1.74 bits per heavy atom. The highest BCUT2D eigenvalue weighted by Crippen LogP contribution is 2.33. The van der Waals surface area contributed by atoms with Gasteiger partial charge in [-0.2, -0.15) is 0 Å². The second-order valence-corrected chi connectivity index (χ2v) is 6.45. The molecule has 0 saturated heterocycles. The van der Waals surface area contributed by atoms with E-state index in [0.29, 0.717) is 11.8 Å². The fraction of sp³-hybridized carbons (Fsp3) is 0.150. The summed E-state index contributed by atoms with van der Waals surface area (Å²) < 4.78 is 5.98. The van der Waals surface area contributed by atoms with Crippen LogP contribution in [0.2, 0.25) is 5.02 Å². The van der Waals surface area contributed by atoms with Crippen LogP contribution in [0, 0.1) is 0 Å². The highest BCUT2D eigenvalue weighted by Gasteiger charge is 2.13. The van der Waals surface area contributed by atoms with Crippen LogP contribution in [0.3, 0.4) is 0 Å². The van der Waals surface area contributed by atoms with E-state index in [1.54, 1.807) is 0 Å². The van der Waals surface area contributed by atoms with Gasteiger partial charge in [-0.25, -0.2) is 4.98 Å². The van der Waals surface area contributed by atoms with Gasteiger partial charge in [0.2, 0.25) is 5.89 Å². The smallest absolute Gasteiger partial charge is 0.227 e. The quantitative estimate of drug-likeness (QED) is 0.425. The Kier molecular flexibility index (Phi) is 3.35. The molecule has 0 amide bonds. The maximum absolute atomic E-state index is 6.30. The Bertz CT molecular complexity index is 1020. The van der Waals surface area contributed by atoms with Gasteiger partial charge in [-0.3, -0.25) is 0 Å². The SMILES string of the molecule is CC(C)c1ccc2oc(-c3cccc4c(Cl)cccc34)nc2c1. The molecule has 3 aromatic carbocycles. The average Bonchev–Trinajstić information content (AvgIpc) is 2.97. The van der Waals surface area contributed by atoms with Gasteiger partial charge in [-0.1, -0.05) is 55.8 Å². The fourth-order valence-corrected chi connectivity index (χ4v) is 3.11. The second-order valence-electron chi connectivity index (χ2n) is 6.04. The summed E-state index contributed by atoms with van der Waals surface area (Å²) in [5.74, 6) is 1.10. The first-order chi connectivity index (χ1) is 11.1. The maximum atomic E-state index is 6.30. The van der Waals surface area contributed by atoms with Crippen molar-refractivity contribution in [3.8, 4) is 11.5 Å². The molecule has 2 nitrogen and oxygen atoms in total. The summed E-state index contributed by atoms with van der Waals surface area (Å²) in [6.45, 7) is 4.35. The second kappa shape index (κ2) is 5.39. The molecule has 0 saturated carbocycles. The standard InChI is InChI=1S/C20H16ClNO/c1-12(2)13-9-10-19-18(11-13)22-20(23-19)16-7-3-6-15-14(16)5-4-8-17(15)21/h3-12H,1-2H3. The van der Waals surface area contributed by atoms with E-state index in [2.05, 4.69) is 26.0 Å². The zero-order valence-electron chi connectivity index (χ0n) is 13.0. The first-order valence-electron chi connectivity index (χ1n) is 7.71. The molecule has 0 aliphatic rings. The van der Waals surface area contributed by atoms with E-state index in [1.807, 2.05) is 42.5 Å². The Labute approximate surface area is 139 Å². The predicted molar refractivity (Wildman–Crippen MR) is 96.1 cm³/mol. The summed E-state index contributed by atoms with van der Waals surface area (Å²) in [6, 6.07) is 18.1. The van der Waals surface area contributed by atoms with Crippen LogP contribution >= 0.6 is 11.6 Å². The van der Waals surface area contributed by atoms with Gasteiger partial charge in [0, 0.05) is 16.0 Å². The van der Waals surface area contributed by atoms with E-state index in [9.17, 15) is 0 Å². The number of hydrogen-bond acceptors (Lipinski definition) is 2. The summed E-state index contributed by atoms with van der Waals surface area (Å²) in [5.41, 5.74) is 3.93. The highest BCUT2D eigenvalue weighted by atomic mass is 35.5. The maximum Gasteiger partial charge on any atom is 0.227 e. The van der Waals surface area contributed by atoms with Crippen molar-refractivity contribution in [3.05, 3.63) is 65.2 Å². The normalized spacial score (nSPS) is 11.7. The molecule has 0 radical (unpaired) electrons. The van der Waals surface area contributed by atoms with Crippen LogP contribution in [0.1, 0.15) is 25.3 Å². The molecule has 1 aromatic heterocycles.